The third-order valence-electron chi connectivity index (χ3n) is 1.14. The van der Waals surface area contributed by atoms with E-state index in [0.29, 0.717) is 19.8 Å². The van der Waals surface area contributed by atoms with E-state index in [4.69, 9.17) is 15.2 Å². The second-order valence-corrected chi connectivity index (χ2v) is 4.40. The lowest BCUT2D eigenvalue weighted by molar-refractivity contribution is 0.0660. The van der Waals surface area contributed by atoms with Gasteiger partial charge in [-0.05, 0) is 6.92 Å². The monoisotopic (exact) mass is 213 g/mol. The molecule has 0 radical (unpaired) electrons. The maximum absolute atomic E-state index is 11.3. The average molecular weight is 213 g/mol. The van der Waals surface area contributed by atoms with Crippen LogP contribution in [0.1, 0.15) is 6.92 Å². The highest BCUT2D eigenvalue weighted by Gasteiger charge is 2.14. The van der Waals surface area contributed by atoms with E-state index in [-0.39, 0.29) is 13.2 Å². The Labute approximate surface area is 80.0 Å². The molecule has 0 aromatic rings. The molecule has 0 amide bonds. The summed E-state index contributed by atoms with van der Waals surface area (Å²) < 4.78 is 32.6. The molecule has 0 aromatic heterocycles. The van der Waals surface area contributed by atoms with E-state index in [1.165, 1.54) is 6.66 Å². The van der Waals surface area contributed by atoms with E-state index in [1.54, 1.807) is 6.92 Å². The van der Waals surface area contributed by atoms with Crippen LogP contribution in [0.15, 0.2) is 0 Å². The van der Waals surface area contributed by atoms with Crippen LogP contribution in [0, 0.1) is 0 Å². The molecule has 0 aliphatic heterocycles. The summed E-state index contributed by atoms with van der Waals surface area (Å²) >= 11 is 0. The van der Waals surface area contributed by atoms with Gasteiger partial charge in [0.1, 0.15) is 0 Å². The minimum atomic E-state index is -2.90. The molecule has 0 fully saturated rings. The molecule has 0 aliphatic carbocycles. The van der Waals surface area contributed by atoms with Crippen LogP contribution in [-0.2, 0) is 18.3 Å². The first-order valence-corrected chi connectivity index (χ1v) is 6.14. The number of hydrogen-bond donors (Lipinski definition) is 1. The van der Waals surface area contributed by atoms with Gasteiger partial charge in [-0.2, -0.15) is 0 Å². The number of ether oxygens (including phenoxy) is 1. The average Bonchev–Trinajstić information content (AvgIpc) is 2.11. The van der Waals surface area contributed by atoms with E-state index in [0.717, 1.165) is 0 Å². The molecule has 1 unspecified atom stereocenters. The van der Waals surface area contributed by atoms with Crippen molar-refractivity contribution in [2.45, 2.75) is 6.92 Å². The predicted molar refractivity (Wildman–Crippen MR) is 49.0 cm³/mol. The Hall–Kier alpha value is 0.0700. The first-order chi connectivity index (χ1) is 6.62. The topological polar surface area (TPSA) is 65.0 Å². The lowest BCUT2D eigenvalue weighted by Gasteiger charge is -2.12. The summed E-state index contributed by atoms with van der Waals surface area (Å²) in [6, 6.07) is 0. The number of rotatable bonds is 9. The fraction of sp³-hybridized carbons (Fsp3) is 1.00. The van der Waals surface area contributed by atoms with Gasteiger partial charge in [0.2, 0.25) is 1.43 Å². The van der Waals surface area contributed by atoms with Crippen molar-refractivity contribution in [2.24, 2.45) is 0 Å². The SMILES string of the molecule is [2H]OCCOCCOP(C)(=O)OCC. The lowest BCUT2D eigenvalue weighted by Crippen LogP contribution is -2.06. The van der Waals surface area contributed by atoms with Gasteiger partial charge >= 0.3 is 7.60 Å². The van der Waals surface area contributed by atoms with Crippen LogP contribution >= 0.6 is 7.60 Å². The molecule has 80 valence electrons. The fourth-order valence-electron chi connectivity index (χ4n) is 0.695. The molecule has 1 atom stereocenters. The molecule has 0 bridgehead atoms. The third-order valence-corrected chi connectivity index (χ3v) is 2.52. The Morgan fingerprint density at radius 1 is 1.38 bits per heavy atom. The quantitative estimate of drug-likeness (QED) is 0.454. The minimum Gasteiger partial charge on any atom is -0.394 e. The van der Waals surface area contributed by atoms with E-state index in [1.807, 2.05) is 0 Å². The van der Waals surface area contributed by atoms with Crippen LogP contribution in [0.3, 0.4) is 0 Å². The molecule has 0 heterocycles. The van der Waals surface area contributed by atoms with E-state index in [9.17, 15) is 4.57 Å². The van der Waals surface area contributed by atoms with Gasteiger partial charge in [0.05, 0.1) is 33.0 Å². The van der Waals surface area contributed by atoms with Crippen molar-refractivity contribution in [3.05, 3.63) is 0 Å². The van der Waals surface area contributed by atoms with Gasteiger partial charge < -0.3 is 18.9 Å². The standard InChI is InChI=1S/C7H17O5P/c1-3-11-13(2,9)12-7-6-10-5-4-8/h8H,3-7H2,1-2H3/i8D. The minimum absolute atomic E-state index is 0.214. The largest absolute Gasteiger partial charge is 0.394 e. The van der Waals surface area contributed by atoms with Crippen molar-refractivity contribution < 1.29 is 23.5 Å². The van der Waals surface area contributed by atoms with Crippen molar-refractivity contribution in [1.82, 2.24) is 0 Å². The highest BCUT2D eigenvalue weighted by Crippen LogP contribution is 2.43. The molecular weight excluding hydrogens is 195 g/mol. The first-order valence-electron chi connectivity index (χ1n) is 4.55. The van der Waals surface area contributed by atoms with Gasteiger partial charge in [-0.15, -0.1) is 0 Å². The van der Waals surface area contributed by atoms with E-state index >= 15 is 0 Å². The van der Waals surface area contributed by atoms with Crippen molar-refractivity contribution in [3.63, 3.8) is 0 Å². The summed E-state index contributed by atoms with van der Waals surface area (Å²) in [5, 5.41) is 4.03. The number of hydrogen-bond acceptors (Lipinski definition) is 5. The van der Waals surface area contributed by atoms with Crippen LogP contribution in [0.25, 0.3) is 0 Å². The molecule has 0 saturated heterocycles. The third kappa shape index (κ3) is 8.40. The first kappa shape index (κ1) is 11.1. The van der Waals surface area contributed by atoms with Gasteiger partial charge in [0.15, 0.2) is 0 Å². The van der Waals surface area contributed by atoms with Crippen molar-refractivity contribution >= 4 is 7.60 Å². The van der Waals surface area contributed by atoms with Gasteiger partial charge in [-0.1, -0.05) is 0 Å². The summed E-state index contributed by atoms with van der Waals surface area (Å²) in [6.07, 6.45) is 0. The Balaban J connectivity index is 3.30. The molecule has 0 aliphatic rings. The summed E-state index contributed by atoms with van der Waals surface area (Å²) in [4.78, 5) is 0. The van der Waals surface area contributed by atoms with Crippen LogP contribution in [-0.4, -0.2) is 46.2 Å². The Kier molecular flexibility index (Phi) is 6.41. The van der Waals surface area contributed by atoms with Crippen LogP contribution in [0.2, 0.25) is 0 Å². The van der Waals surface area contributed by atoms with Crippen LogP contribution in [0.5, 0.6) is 0 Å². The Bertz CT molecular complexity index is 177. The summed E-state index contributed by atoms with van der Waals surface area (Å²) in [7, 11) is -2.90. The molecule has 6 heteroatoms. The van der Waals surface area contributed by atoms with E-state index < -0.39 is 7.60 Å². The molecule has 0 aromatic carbocycles. The normalized spacial score (nSPS) is 16.6. The number of aliphatic hydroxyl groups is 1. The van der Waals surface area contributed by atoms with Crippen molar-refractivity contribution in [1.29, 1.82) is 1.43 Å². The zero-order valence-corrected chi connectivity index (χ0v) is 8.92. The van der Waals surface area contributed by atoms with Crippen LogP contribution in [0.4, 0.5) is 0 Å². The van der Waals surface area contributed by atoms with Gasteiger partial charge in [-0.3, -0.25) is 4.57 Å². The Morgan fingerprint density at radius 3 is 2.77 bits per heavy atom. The van der Waals surface area contributed by atoms with E-state index in [2.05, 4.69) is 5.11 Å². The maximum atomic E-state index is 11.3. The second kappa shape index (κ2) is 7.47. The smallest absolute Gasteiger partial charge is 0.327 e. The molecule has 1 N–H and O–H groups in total. The van der Waals surface area contributed by atoms with Gasteiger partial charge in [0, 0.05) is 6.66 Å². The Morgan fingerprint density at radius 2 is 2.15 bits per heavy atom. The maximum Gasteiger partial charge on any atom is 0.327 e. The summed E-state index contributed by atoms with van der Waals surface area (Å²) in [5.41, 5.74) is 0. The molecular formula is C7H17O5P. The molecule has 0 saturated carbocycles. The summed E-state index contributed by atoms with van der Waals surface area (Å²) in [6.45, 7) is 4.61. The zero-order valence-electron chi connectivity index (χ0n) is 9.02. The molecule has 0 rings (SSSR count). The highest BCUT2D eigenvalue weighted by atomic mass is 31.2. The molecule has 13 heavy (non-hydrogen) atoms. The van der Waals surface area contributed by atoms with Gasteiger partial charge in [-0.25, -0.2) is 0 Å². The highest BCUT2D eigenvalue weighted by molar-refractivity contribution is 7.52. The van der Waals surface area contributed by atoms with Crippen molar-refractivity contribution in [3.8, 4) is 0 Å². The fourth-order valence-corrected chi connectivity index (χ4v) is 1.64. The lowest BCUT2D eigenvalue weighted by atomic mass is 10.7. The predicted octanol–water partition coefficient (Wildman–Crippen LogP) is 0.871. The number of aliphatic hydroxyl groups excluding tert-OH is 1. The molecule has 5 nitrogen and oxygen atoms in total. The second-order valence-electron chi connectivity index (χ2n) is 2.34. The zero-order chi connectivity index (χ0) is 10.9. The van der Waals surface area contributed by atoms with Gasteiger partial charge in [0.25, 0.3) is 0 Å². The van der Waals surface area contributed by atoms with Crippen molar-refractivity contribution in [2.75, 3.05) is 39.7 Å². The molecule has 0 spiro atoms. The summed E-state index contributed by atoms with van der Waals surface area (Å²) in [5.74, 6) is 0. The van der Waals surface area contributed by atoms with Crippen LogP contribution < -0.4 is 0 Å².